The Bertz CT molecular complexity index is 1380. The van der Waals surface area contributed by atoms with Crippen LogP contribution in [-0.2, 0) is 10.0 Å². The van der Waals surface area contributed by atoms with E-state index in [0.29, 0.717) is 48.5 Å². The molecule has 10 nitrogen and oxygen atoms in total. The van der Waals surface area contributed by atoms with Crippen LogP contribution in [0, 0.1) is 11.3 Å². The summed E-state index contributed by atoms with van der Waals surface area (Å²) in [6.07, 6.45) is 0.474. The van der Waals surface area contributed by atoms with Gasteiger partial charge in [-0.2, -0.15) is 5.26 Å². The largest absolute Gasteiger partial charge is 0.497 e. The van der Waals surface area contributed by atoms with Crippen LogP contribution in [0.1, 0.15) is 16.8 Å². The van der Waals surface area contributed by atoms with Crippen molar-refractivity contribution in [2.45, 2.75) is 11.3 Å². The highest BCUT2D eigenvalue weighted by atomic mass is 32.2. The fourth-order valence-electron chi connectivity index (χ4n) is 3.99. The molecule has 0 unspecified atom stereocenters. The molecule has 1 saturated heterocycles. The Morgan fingerprint density at radius 2 is 1.86 bits per heavy atom. The monoisotopic (exact) mass is 495 g/mol. The molecule has 0 spiro atoms. The van der Waals surface area contributed by atoms with Crippen LogP contribution in [0.25, 0.3) is 10.9 Å². The number of benzene rings is 2. The van der Waals surface area contributed by atoms with Crippen molar-refractivity contribution in [2.24, 2.45) is 0 Å². The maximum Gasteiger partial charge on any atom is 0.336 e. The first-order valence-electron chi connectivity index (χ1n) is 11.0. The minimum absolute atomic E-state index is 0.0439. The van der Waals surface area contributed by atoms with Gasteiger partial charge in [-0.25, -0.2) is 18.2 Å². The SMILES string of the molecule is COc1ccc(S(=O)(=O)Nc2ccc3nc(N4CCN(CCC#N)CC4)cc(C(=O)O)c3c2)cc1. The zero-order valence-electron chi connectivity index (χ0n) is 19.1. The van der Waals surface area contributed by atoms with Crippen LogP contribution >= 0.6 is 0 Å². The van der Waals surface area contributed by atoms with Gasteiger partial charge in [0.25, 0.3) is 10.0 Å². The number of hydrogen-bond donors (Lipinski definition) is 2. The Labute approximate surface area is 203 Å². The molecule has 0 bridgehead atoms. The smallest absolute Gasteiger partial charge is 0.336 e. The van der Waals surface area contributed by atoms with E-state index in [9.17, 15) is 18.3 Å². The molecular formula is C24H25N5O5S. The summed E-state index contributed by atoms with van der Waals surface area (Å²) >= 11 is 0. The summed E-state index contributed by atoms with van der Waals surface area (Å²) in [4.78, 5) is 21.0. The number of fused-ring (bicyclic) bond motifs is 1. The topological polar surface area (TPSA) is 136 Å². The molecule has 0 atom stereocenters. The van der Waals surface area contributed by atoms with Crippen LogP contribution in [0.4, 0.5) is 11.5 Å². The van der Waals surface area contributed by atoms with E-state index in [4.69, 9.17) is 10.00 Å². The van der Waals surface area contributed by atoms with Gasteiger partial charge in [-0.1, -0.05) is 0 Å². The second-order valence-corrected chi connectivity index (χ2v) is 9.77. The number of ether oxygens (including phenoxy) is 1. The van der Waals surface area contributed by atoms with Crippen molar-refractivity contribution in [3.05, 3.63) is 54.1 Å². The number of carbonyl (C=O) groups is 1. The molecule has 182 valence electrons. The summed E-state index contributed by atoms with van der Waals surface area (Å²) in [6.45, 7) is 3.57. The lowest BCUT2D eigenvalue weighted by Crippen LogP contribution is -2.46. The fourth-order valence-corrected chi connectivity index (χ4v) is 5.04. The zero-order chi connectivity index (χ0) is 25.0. The lowest BCUT2D eigenvalue weighted by atomic mass is 10.1. The van der Waals surface area contributed by atoms with Gasteiger partial charge in [-0.05, 0) is 48.5 Å². The minimum Gasteiger partial charge on any atom is -0.497 e. The van der Waals surface area contributed by atoms with Crippen LogP contribution in [0.2, 0.25) is 0 Å². The van der Waals surface area contributed by atoms with Crippen molar-refractivity contribution in [1.29, 1.82) is 5.26 Å². The highest BCUT2D eigenvalue weighted by Crippen LogP contribution is 2.28. The Morgan fingerprint density at radius 3 is 2.49 bits per heavy atom. The van der Waals surface area contributed by atoms with E-state index < -0.39 is 16.0 Å². The van der Waals surface area contributed by atoms with Crippen LogP contribution in [-0.4, -0.2) is 69.2 Å². The molecule has 35 heavy (non-hydrogen) atoms. The van der Waals surface area contributed by atoms with Gasteiger partial charge in [0.05, 0.1) is 29.2 Å². The first-order chi connectivity index (χ1) is 16.8. The van der Waals surface area contributed by atoms with Gasteiger partial charge in [0.15, 0.2) is 0 Å². The predicted molar refractivity (Wildman–Crippen MR) is 131 cm³/mol. The fraction of sp³-hybridized carbons (Fsp3) is 0.292. The molecule has 0 aliphatic carbocycles. The number of hydrogen-bond acceptors (Lipinski definition) is 8. The summed E-state index contributed by atoms with van der Waals surface area (Å²) in [7, 11) is -2.39. The molecule has 3 aromatic rings. The molecule has 4 rings (SSSR count). The molecule has 1 aliphatic heterocycles. The summed E-state index contributed by atoms with van der Waals surface area (Å²) in [6, 6.07) is 14.3. The number of anilines is 2. The molecule has 2 heterocycles. The average Bonchev–Trinajstić information content (AvgIpc) is 2.87. The number of aromatic nitrogens is 1. The molecule has 1 aliphatic rings. The van der Waals surface area contributed by atoms with Crippen LogP contribution < -0.4 is 14.4 Å². The van der Waals surface area contributed by atoms with Gasteiger partial charge in [-0.3, -0.25) is 9.62 Å². The van der Waals surface area contributed by atoms with Gasteiger partial charge >= 0.3 is 5.97 Å². The first-order valence-corrected chi connectivity index (χ1v) is 12.5. The van der Waals surface area contributed by atoms with Crippen LogP contribution in [0.3, 0.4) is 0 Å². The van der Waals surface area contributed by atoms with Crippen molar-refractivity contribution < 1.29 is 23.1 Å². The summed E-state index contributed by atoms with van der Waals surface area (Å²) < 4.78 is 33.2. The third-order valence-electron chi connectivity index (χ3n) is 5.88. The molecule has 0 amide bonds. The molecule has 1 aromatic heterocycles. The minimum atomic E-state index is -3.88. The number of aromatic carboxylic acids is 1. The number of carboxylic acids is 1. The molecule has 2 N–H and O–H groups in total. The lowest BCUT2D eigenvalue weighted by Gasteiger charge is -2.35. The molecule has 0 radical (unpaired) electrons. The maximum atomic E-state index is 12.8. The number of nitriles is 1. The van der Waals surface area contributed by atoms with Gasteiger partial charge in [0.1, 0.15) is 11.6 Å². The lowest BCUT2D eigenvalue weighted by molar-refractivity contribution is 0.0699. The highest BCUT2D eigenvalue weighted by Gasteiger charge is 2.21. The molecule has 2 aromatic carbocycles. The summed E-state index contributed by atoms with van der Waals surface area (Å²) in [5, 5.41) is 19.0. The number of rotatable bonds is 8. The number of nitrogens with zero attached hydrogens (tertiary/aromatic N) is 4. The van der Waals surface area contributed by atoms with E-state index in [2.05, 4.69) is 20.7 Å². The molecular weight excluding hydrogens is 470 g/mol. The molecule has 1 fully saturated rings. The van der Waals surface area contributed by atoms with E-state index in [-0.39, 0.29) is 16.1 Å². The Balaban J connectivity index is 1.60. The van der Waals surface area contributed by atoms with Crippen molar-refractivity contribution in [1.82, 2.24) is 9.88 Å². The van der Waals surface area contributed by atoms with Crippen molar-refractivity contribution in [3.63, 3.8) is 0 Å². The van der Waals surface area contributed by atoms with E-state index in [1.807, 2.05) is 4.90 Å². The number of methoxy groups -OCH3 is 1. The van der Waals surface area contributed by atoms with Crippen LogP contribution in [0.15, 0.2) is 53.4 Å². The highest BCUT2D eigenvalue weighted by molar-refractivity contribution is 7.92. The zero-order valence-corrected chi connectivity index (χ0v) is 20.0. The van der Waals surface area contributed by atoms with Crippen molar-refractivity contribution in [2.75, 3.05) is 49.5 Å². The van der Waals surface area contributed by atoms with Gasteiger partial charge in [-0.15, -0.1) is 0 Å². The normalized spacial score (nSPS) is 14.5. The quantitative estimate of drug-likeness (QED) is 0.483. The van der Waals surface area contributed by atoms with Gasteiger partial charge in [0.2, 0.25) is 0 Å². The number of nitrogens with one attached hydrogen (secondary N) is 1. The third-order valence-corrected chi connectivity index (χ3v) is 7.28. The number of pyridine rings is 1. The van der Waals surface area contributed by atoms with E-state index in [0.717, 1.165) is 13.1 Å². The Hall–Kier alpha value is -3.88. The van der Waals surface area contributed by atoms with E-state index >= 15 is 0 Å². The second kappa shape index (κ2) is 10.2. The maximum absolute atomic E-state index is 12.8. The first kappa shape index (κ1) is 24.3. The molecule has 11 heteroatoms. The van der Waals surface area contributed by atoms with Crippen LogP contribution in [0.5, 0.6) is 5.75 Å². The molecule has 0 saturated carbocycles. The predicted octanol–water partition coefficient (Wildman–Crippen LogP) is 2.78. The third kappa shape index (κ3) is 5.45. The van der Waals surface area contributed by atoms with E-state index in [1.54, 1.807) is 24.3 Å². The number of sulfonamides is 1. The van der Waals surface area contributed by atoms with Gasteiger partial charge < -0.3 is 14.7 Å². The van der Waals surface area contributed by atoms with E-state index in [1.165, 1.54) is 31.4 Å². The summed E-state index contributed by atoms with van der Waals surface area (Å²) in [5.41, 5.74) is 0.734. The Morgan fingerprint density at radius 1 is 1.14 bits per heavy atom. The van der Waals surface area contributed by atoms with Crippen molar-refractivity contribution in [3.8, 4) is 11.8 Å². The standard InChI is InChI=1S/C24H25N5O5S/c1-34-18-4-6-19(7-5-18)35(32,33)27-17-3-8-22-20(15-17)21(24(30)31)16-23(26-22)29-13-11-28(12-14-29)10-2-9-25/h3-8,15-16,27H,2,10-14H2,1H3,(H,30,31). The van der Waals surface area contributed by atoms with Gasteiger partial charge in [0, 0.05) is 50.2 Å². The summed E-state index contributed by atoms with van der Waals surface area (Å²) in [5.74, 6) is -0.0333. The van der Waals surface area contributed by atoms with Crippen molar-refractivity contribution >= 4 is 38.4 Å². The Kier molecular flexibility index (Phi) is 7.04. The second-order valence-electron chi connectivity index (χ2n) is 8.08. The average molecular weight is 496 g/mol. The number of carboxylic acid groups (broad SMARTS) is 1. The number of piperazine rings is 1.